The van der Waals surface area contributed by atoms with E-state index in [1.807, 2.05) is 6.07 Å². The van der Waals surface area contributed by atoms with Crippen molar-refractivity contribution in [3.05, 3.63) is 28.2 Å². The van der Waals surface area contributed by atoms with Gasteiger partial charge < -0.3 is 9.67 Å². The molecule has 58 valence electrons. The first kappa shape index (κ1) is 6.46. The molecule has 0 bridgehead atoms. The van der Waals surface area contributed by atoms with Gasteiger partial charge in [-0.05, 0) is 25.0 Å². The van der Waals surface area contributed by atoms with Gasteiger partial charge in [0.05, 0.1) is 0 Å². The van der Waals surface area contributed by atoms with E-state index in [0.29, 0.717) is 0 Å². The Hall–Kier alpha value is -1.25. The minimum absolute atomic E-state index is 0.143. The van der Waals surface area contributed by atoms with E-state index >= 15 is 0 Å². The lowest BCUT2D eigenvalue weighted by molar-refractivity contribution is 0.458. The third-order valence-corrected chi connectivity index (χ3v) is 2.06. The van der Waals surface area contributed by atoms with Gasteiger partial charge in [-0.25, -0.2) is 0 Å². The molecule has 0 aromatic carbocycles. The van der Waals surface area contributed by atoms with E-state index in [1.54, 1.807) is 4.57 Å². The van der Waals surface area contributed by atoms with Gasteiger partial charge in [-0.2, -0.15) is 0 Å². The SMILES string of the molecule is O=c1c(O)ccc2n1CCC2. The minimum atomic E-state index is -0.250. The van der Waals surface area contributed by atoms with Crippen LogP contribution in [0.5, 0.6) is 5.75 Å². The van der Waals surface area contributed by atoms with Crippen LogP contribution in [0.25, 0.3) is 0 Å². The van der Waals surface area contributed by atoms with Crippen LogP contribution in [0.15, 0.2) is 16.9 Å². The number of hydrogen-bond donors (Lipinski definition) is 1. The number of pyridine rings is 1. The highest BCUT2D eigenvalue weighted by atomic mass is 16.3. The van der Waals surface area contributed by atoms with E-state index in [2.05, 4.69) is 0 Å². The fourth-order valence-corrected chi connectivity index (χ4v) is 1.49. The Bertz CT molecular complexity index is 340. The summed E-state index contributed by atoms with van der Waals surface area (Å²) in [4.78, 5) is 11.2. The fraction of sp³-hybridized carbons (Fsp3) is 0.375. The molecule has 1 aromatic heterocycles. The normalized spacial score (nSPS) is 14.9. The number of aromatic hydroxyl groups is 1. The lowest BCUT2D eigenvalue weighted by Crippen LogP contribution is -2.17. The van der Waals surface area contributed by atoms with Crippen LogP contribution in [0.3, 0.4) is 0 Å². The summed E-state index contributed by atoms with van der Waals surface area (Å²) in [6, 6.07) is 3.28. The monoisotopic (exact) mass is 151 g/mol. The van der Waals surface area contributed by atoms with E-state index in [-0.39, 0.29) is 11.3 Å². The Morgan fingerprint density at radius 3 is 3.09 bits per heavy atom. The summed E-state index contributed by atoms with van der Waals surface area (Å²) in [5.41, 5.74) is 0.785. The summed E-state index contributed by atoms with van der Waals surface area (Å²) >= 11 is 0. The number of hydrogen-bond acceptors (Lipinski definition) is 2. The zero-order chi connectivity index (χ0) is 7.84. The van der Waals surface area contributed by atoms with E-state index < -0.39 is 0 Å². The summed E-state index contributed by atoms with van der Waals surface area (Å²) in [6.07, 6.45) is 1.97. The van der Waals surface area contributed by atoms with Crippen LogP contribution in [-0.2, 0) is 13.0 Å². The van der Waals surface area contributed by atoms with E-state index in [0.717, 1.165) is 25.1 Å². The standard InChI is InChI=1S/C8H9NO2/c10-7-4-3-6-2-1-5-9(6)8(7)11/h3-4,10H,1-2,5H2. The second-order valence-corrected chi connectivity index (χ2v) is 2.77. The zero-order valence-corrected chi connectivity index (χ0v) is 6.08. The van der Waals surface area contributed by atoms with Gasteiger partial charge in [0.25, 0.3) is 5.56 Å². The number of fused-ring (bicyclic) bond motifs is 1. The maximum absolute atomic E-state index is 11.2. The first-order valence-corrected chi connectivity index (χ1v) is 3.71. The Balaban J connectivity index is 2.72. The third-order valence-electron chi connectivity index (χ3n) is 2.06. The molecular formula is C8H9NO2. The highest BCUT2D eigenvalue weighted by Crippen LogP contribution is 2.13. The molecule has 0 spiro atoms. The molecule has 1 aliphatic rings. The van der Waals surface area contributed by atoms with Crippen LogP contribution in [0.4, 0.5) is 0 Å². The molecule has 0 amide bonds. The summed E-state index contributed by atoms with van der Waals surface area (Å²) < 4.78 is 1.63. The van der Waals surface area contributed by atoms with Crippen molar-refractivity contribution in [1.29, 1.82) is 0 Å². The maximum Gasteiger partial charge on any atom is 0.292 e. The molecule has 0 fully saturated rings. The molecule has 2 heterocycles. The molecule has 0 unspecified atom stereocenters. The number of aryl methyl sites for hydroxylation is 1. The molecule has 11 heavy (non-hydrogen) atoms. The molecule has 3 nitrogen and oxygen atoms in total. The molecule has 3 heteroatoms. The fourth-order valence-electron chi connectivity index (χ4n) is 1.49. The van der Waals surface area contributed by atoms with Crippen molar-refractivity contribution in [2.24, 2.45) is 0 Å². The summed E-state index contributed by atoms with van der Waals surface area (Å²) in [7, 11) is 0. The van der Waals surface area contributed by atoms with Crippen molar-refractivity contribution in [1.82, 2.24) is 4.57 Å². The molecule has 1 N–H and O–H groups in total. The zero-order valence-electron chi connectivity index (χ0n) is 6.08. The molecule has 1 aromatic rings. The van der Waals surface area contributed by atoms with Gasteiger partial charge in [0.15, 0.2) is 5.75 Å². The molecule has 0 aliphatic carbocycles. The van der Waals surface area contributed by atoms with Crippen molar-refractivity contribution in [2.75, 3.05) is 0 Å². The second-order valence-electron chi connectivity index (χ2n) is 2.77. The Labute approximate surface area is 63.9 Å². The van der Waals surface area contributed by atoms with Crippen LogP contribution >= 0.6 is 0 Å². The second kappa shape index (κ2) is 2.12. The lowest BCUT2D eigenvalue weighted by atomic mass is 10.3. The molecule has 2 rings (SSSR count). The number of nitrogens with zero attached hydrogens (tertiary/aromatic N) is 1. The first-order valence-electron chi connectivity index (χ1n) is 3.71. The van der Waals surface area contributed by atoms with Crippen molar-refractivity contribution in [3.8, 4) is 5.75 Å². The van der Waals surface area contributed by atoms with Crippen molar-refractivity contribution < 1.29 is 5.11 Å². The average molecular weight is 151 g/mol. The van der Waals surface area contributed by atoms with Crippen molar-refractivity contribution in [3.63, 3.8) is 0 Å². The van der Waals surface area contributed by atoms with Gasteiger partial charge >= 0.3 is 0 Å². The largest absolute Gasteiger partial charge is 0.503 e. The van der Waals surface area contributed by atoms with Crippen LogP contribution in [0, 0.1) is 0 Å². The number of aromatic nitrogens is 1. The van der Waals surface area contributed by atoms with Gasteiger partial charge in [0.1, 0.15) is 0 Å². The molecular weight excluding hydrogens is 142 g/mol. The smallest absolute Gasteiger partial charge is 0.292 e. The Morgan fingerprint density at radius 2 is 2.27 bits per heavy atom. The first-order chi connectivity index (χ1) is 5.29. The van der Waals surface area contributed by atoms with Crippen molar-refractivity contribution >= 4 is 0 Å². The topological polar surface area (TPSA) is 42.2 Å². The summed E-state index contributed by atoms with van der Waals surface area (Å²) in [5, 5.41) is 9.05. The Morgan fingerprint density at radius 1 is 1.45 bits per heavy atom. The van der Waals surface area contributed by atoms with Gasteiger partial charge in [-0.1, -0.05) is 0 Å². The van der Waals surface area contributed by atoms with Crippen LogP contribution in [0.1, 0.15) is 12.1 Å². The van der Waals surface area contributed by atoms with Crippen LogP contribution in [-0.4, -0.2) is 9.67 Å². The minimum Gasteiger partial charge on any atom is -0.503 e. The van der Waals surface area contributed by atoms with Gasteiger partial charge in [-0.3, -0.25) is 4.79 Å². The van der Waals surface area contributed by atoms with E-state index in [1.165, 1.54) is 6.07 Å². The highest BCUT2D eigenvalue weighted by molar-refractivity contribution is 5.21. The summed E-state index contributed by atoms with van der Waals surface area (Å²) in [6.45, 7) is 0.753. The summed E-state index contributed by atoms with van der Waals surface area (Å²) in [5.74, 6) is -0.143. The van der Waals surface area contributed by atoms with Crippen molar-refractivity contribution in [2.45, 2.75) is 19.4 Å². The van der Waals surface area contributed by atoms with Gasteiger partial charge in [-0.15, -0.1) is 0 Å². The average Bonchev–Trinajstić information content (AvgIpc) is 2.45. The predicted molar refractivity (Wildman–Crippen MR) is 40.7 cm³/mol. The molecule has 0 saturated heterocycles. The molecule has 0 radical (unpaired) electrons. The third kappa shape index (κ3) is 0.843. The quantitative estimate of drug-likeness (QED) is 0.586. The highest BCUT2D eigenvalue weighted by Gasteiger charge is 2.12. The Kier molecular flexibility index (Phi) is 1.24. The molecule has 0 atom stereocenters. The molecule has 0 saturated carbocycles. The maximum atomic E-state index is 11.2. The molecule has 1 aliphatic heterocycles. The van der Waals surface area contributed by atoms with Gasteiger partial charge in [0, 0.05) is 12.2 Å². The van der Waals surface area contributed by atoms with Crippen LogP contribution < -0.4 is 5.56 Å². The predicted octanol–water partition coefficient (Wildman–Crippen LogP) is 0.500. The lowest BCUT2D eigenvalue weighted by Gasteiger charge is -2.01. The van der Waals surface area contributed by atoms with E-state index in [4.69, 9.17) is 5.11 Å². The van der Waals surface area contributed by atoms with Crippen LogP contribution in [0.2, 0.25) is 0 Å². The number of rotatable bonds is 0. The van der Waals surface area contributed by atoms with E-state index in [9.17, 15) is 4.79 Å². The van der Waals surface area contributed by atoms with Gasteiger partial charge in [0.2, 0.25) is 0 Å².